The van der Waals surface area contributed by atoms with Crippen LogP contribution in [0.1, 0.15) is 22.8 Å². The van der Waals surface area contributed by atoms with Crippen LogP contribution in [0, 0.1) is 6.92 Å². The lowest BCUT2D eigenvalue weighted by atomic mass is 9.99. The molecule has 0 saturated carbocycles. The number of aryl methyl sites for hydroxylation is 1. The summed E-state index contributed by atoms with van der Waals surface area (Å²) in [5, 5.41) is 7.47. The number of hydrogen-bond acceptors (Lipinski definition) is 5. The van der Waals surface area contributed by atoms with Gasteiger partial charge in [-0.05, 0) is 49.1 Å². The number of nitrogens with two attached hydrogens (primary N) is 1. The van der Waals surface area contributed by atoms with Gasteiger partial charge in [0, 0.05) is 44.3 Å². The van der Waals surface area contributed by atoms with Crippen molar-refractivity contribution < 1.29 is 4.79 Å². The first-order valence-electron chi connectivity index (χ1n) is 8.63. The number of carbonyl (C=O) groups excluding carboxylic acids is 1. The molecule has 0 spiro atoms. The molecule has 2 heterocycles. The number of thiophene rings is 1. The summed E-state index contributed by atoms with van der Waals surface area (Å²) in [4.78, 5) is 17.3. The van der Waals surface area contributed by atoms with Crippen LogP contribution in [-0.4, -0.2) is 10.8 Å². The molecule has 0 aliphatic heterocycles. The standard InChI is InChI=1S/C22H19N3OS/c1-13-6-7-19-18(21(13)20-11-16(23)12-27-20)8-9-24-22(19)25-17-5-3-4-15(10-17)14(2)26/h3-12H,23H2,1-2H3,(H,24,25). The Morgan fingerprint density at radius 1 is 1.11 bits per heavy atom. The molecule has 4 aromatic rings. The maximum atomic E-state index is 11.7. The highest BCUT2D eigenvalue weighted by Gasteiger charge is 2.13. The molecule has 0 radical (unpaired) electrons. The number of benzene rings is 2. The lowest BCUT2D eigenvalue weighted by molar-refractivity contribution is 0.101. The zero-order chi connectivity index (χ0) is 19.0. The molecule has 4 rings (SSSR count). The summed E-state index contributed by atoms with van der Waals surface area (Å²) in [5.41, 5.74) is 10.6. The number of nitrogens with zero attached hydrogens (tertiary/aromatic N) is 1. The molecule has 0 aliphatic rings. The zero-order valence-electron chi connectivity index (χ0n) is 15.1. The Kier molecular flexibility index (Phi) is 4.38. The van der Waals surface area contributed by atoms with E-state index in [2.05, 4.69) is 29.4 Å². The minimum absolute atomic E-state index is 0.0396. The number of carbonyl (C=O) groups is 1. The Morgan fingerprint density at radius 3 is 2.70 bits per heavy atom. The summed E-state index contributed by atoms with van der Waals surface area (Å²) in [7, 11) is 0. The van der Waals surface area contributed by atoms with Crippen molar-refractivity contribution in [1.29, 1.82) is 0 Å². The summed E-state index contributed by atoms with van der Waals surface area (Å²) in [6.07, 6.45) is 1.80. The molecule has 0 atom stereocenters. The van der Waals surface area contributed by atoms with Crippen molar-refractivity contribution >= 4 is 45.1 Å². The second-order valence-electron chi connectivity index (χ2n) is 6.52. The van der Waals surface area contributed by atoms with E-state index in [0.717, 1.165) is 32.8 Å². The number of nitrogens with one attached hydrogen (secondary N) is 1. The number of fused-ring (bicyclic) bond motifs is 1. The van der Waals surface area contributed by atoms with Gasteiger partial charge >= 0.3 is 0 Å². The van der Waals surface area contributed by atoms with Gasteiger partial charge in [-0.1, -0.05) is 24.3 Å². The van der Waals surface area contributed by atoms with Crippen LogP contribution < -0.4 is 11.1 Å². The molecule has 2 aromatic heterocycles. The molecule has 0 saturated heterocycles. The van der Waals surface area contributed by atoms with Crippen molar-refractivity contribution in [2.45, 2.75) is 13.8 Å². The summed E-state index contributed by atoms with van der Waals surface area (Å²) in [6, 6.07) is 15.7. The smallest absolute Gasteiger partial charge is 0.159 e. The molecule has 5 heteroatoms. The van der Waals surface area contributed by atoms with E-state index in [1.165, 1.54) is 11.1 Å². The highest BCUT2D eigenvalue weighted by atomic mass is 32.1. The first-order chi connectivity index (χ1) is 13.0. The molecule has 0 fully saturated rings. The van der Waals surface area contributed by atoms with Gasteiger partial charge in [0.05, 0.1) is 0 Å². The molecule has 4 nitrogen and oxygen atoms in total. The molecule has 0 aliphatic carbocycles. The van der Waals surface area contributed by atoms with E-state index in [4.69, 9.17) is 5.73 Å². The number of nitrogen functional groups attached to an aromatic ring is 1. The van der Waals surface area contributed by atoms with Gasteiger partial charge in [-0.2, -0.15) is 0 Å². The predicted octanol–water partition coefficient (Wildman–Crippen LogP) is 5.80. The van der Waals surface area contributed by atoms with Gasteiger partial charge in [0.1, 0.15) is 5.82 Å². The number of hydrogen-bond donors (Lipinski definition) is 2. The lowest BCUT2D eigenvalue weighted by Crippen LogP contribution is -1.98. The lowest BCUT2D eigenvalue weighted by Gasteiger charge is -2.13. The van der Waals surface area contributed by atoms with E-state index in [9.17, 15) is 4.79 Å². The van der Waals surface area contributed by atoms with Crippen LogP contribution in [0.25, 0.3) is 21.2 Å². The quantitative estimate of drug-likeness (QED) is 0.444. The fourth-order valence-electron chi connectivity index (χ4n) is 3.23. The van der Waals surface area contributed by atoms with E-state index >= 15 is 0 Å². The van der Waals surface area contributed by atoms with Crippen molar-refractivity contribution in [3.63, 3.8) is 0 Å². The number of Topliss-reactive ketones (excluding diaryl/α,β-unsaturated/α-hetero) is 1. The maximum Gasteiger partial charge on any atom is 0.159 e. The van der Waals surface area contributed by atoms with Crippen LogP contribution >= 0.6 is 11.3 Å². The van der Waals surface area contributed by atoms with E-state index in [1.807, 2.05) is 41.8 Å². The fraction of sp³-hybridized carbons (Fsp3) is 0.0909. The molecule has 3 N–H and O–H groups in total. The Balaban J connectivity index is 1.84. The van der Waals surface area contributed by atoms with Crippen LogP contribution in [-0.2, 0) is 0 Å². The summed E-state index contributed by atoms with van der Waals surface area (Å²) in [5.74, 6) is 0.803. The Labute approximate surface area is 161 Å². The van der Waals surface area contributed by atoms with Crippen molar-refractivity contribution in [2.24, 2.45) is 0 Å². The molecule has 27 heavy (non-hydrogen) atoms. The number of aromatic nitrogens is 1. The predicted molar refractivity (Wildman–Crippen MR) is 114 cm³/mol. The first-order valence-corrected chi connectivity index (χ1v) is 9.51. The molecule has 134 valence electrons. The minimum Gasteiger partial charge on any atom is -0.398 e. The van der Waals surface area contributed by atoms with Crippen molar-refractivity contribution in [3.8, 4) is 10.4 Å². The van der Waals surface area contributed by atoms with Gasteiger partial charge in [0.15, 0.2) is 5.78 Å². The second kappa shape index (κ2) is 6.85. The van der Waals surface area contributed by atoms with Crippen LogP contribution in [0.5, 0.6) is 0 Å². The fourth-order valence-corrected chi connectivity index (χ4v) is 4.15. The number of pyridine rings is 1. The monoisotopic (exact) mass is 373 g/mol. The first kappa shape index (κ1) is 17.2. The van der Waals surface area contributed by atoms with Crippen LogP contribution in [0.2, 0.25) is 0 Å². The highest BCUT2D eigenvalue weighted by molar-refractivity contribution is 7.14. The molecule has 2 aromatic carbocycles. The van der Waals surface area contributed by atoms with Gasteiger partial charge < -0.3 is 11.1 Å². The molecule has 0 bridgehead atoms. The Bertz CT molecular complexity index is 1160. The average Bonchev–Trinajstić information content (AvgIpc) is 3.07. The Hall–Kier alpha value is -3.18. The minimum atomic E-state index is 0.0396. The van der Waals surface area contributed by atoms with Crippen LogP contribution in [0.15, 0.2) is 60.1 Å². The molecular weight excluding hydrogens is 354 g/mol. The third-order valence-electron chi connectivity index (χ3n) is 4.55. The largest absolute Gasteiger partial charge is 0.398 e. The van der Waals surface area contributed by atoms with E-state index in [0.29, 0.717) is 5.56 Å². The molecule has 0 unspecified atom stereocenters. The number of ketones is 1. The van der Waals surface area contributed by atoms with Crippen LogP contribution in [0.4, 0.5) is 17.2 Å². The SMILES string of the molecule is CC(=O)c1cccc(Nc2nccc3c(-c4cc(N)cs4)c(C)ccc23)c1. The topological polar surface area (TPSA) is 68.0 Å². The van der Waals surface area contributed by atoms with Crippen molar-refractivity contribution in [3.05, 3.63) is 71.2 Å². The van der Waals surface area contributed by atoms with Crippen molar-refractivity contribution in [2.75, 3.05) is 11.1 Å². The number of rotatable bonds is 4. The summed E-state index contributed by atoms with van der Waals surface area (Å²) < 4.78 is 0. The van der Waals surface area contributed by atoms with Gasteiger partial charge in [-0.25, -0.2) is 4.98 Å². The van der Waals surface area contributed by atoms with Gasteiger partial charge in [-0.3, -0.25) is 4.79 Å². The van der Waals surface area contributed by atoms with Gasteiger partial charge in [-0.15, -0.1) is 11.3 Å². The molecular formula is C22H19N3OS. The van der Waals surface area contributed by atoms with Gasteiger partial charge in [0.25, 0.3) is 0 Å². The van der Waals surface area contributed by atoms with E-state index < -0.39 is 0 Å². The van der Waals surface area contributed by atoms with E-state index in [-0.39, 0.29) is 5.78 Å². The zero-order valence-corrected chi connectivity index (χ0v) is 15.9. The third kappa shape index (κ3) is 3.29. The third-order valence-corrected chi connectivity index (χ3v) is 5.52. The van der Waals surface area contributed by atoms with E-state index in [1.54, 1.807) is 24.5 Å². The van der Waals surface area contributed by atoms with Crippen LogP contribution in [0.3, 0.4) is 0 Å². The second-order valence-corrected chi connectivity index (χ2v) is 7.43. The molecule has 0 amide bonds. The highest BCUT2D eigenvalue weighted by Crippen LogP contribution is 2.38. The summed E-state index contributed by atoms with van der Waals surface area (Å²) >= 11 is 1.64. The average molecular weight is 373 g/mol. The Morgan fingerprint density at radius 2 is 1.96 bits per heavy atom. The van der Waals surface area contributed by atoms with Crippen molar-refractivity contribution in [1.82, 2.24) is 4.98 Å². The van der Waals surface area contributed by atoms with Gasteiger partial charge in [0.2, 0.25) is 0 Å². The normalized spacial score (nSPS) is 10.9. The maximum absolute atomic E-state index is 11.7. The number of anilines is 3. The summed E-state index contributed by atoms with van der Waals surface area (Å²) in [6.45, 7) is 3.67.